The van der Waals surface area contributed by atoms with E-state index in [1.165, 1.54) is 152 Å². The van der Waals surface area contributed by atoms with Crippen LogP contribution in [0.15, 0.2) is 164 Å². The third-order valence-corrected chi connectivity index (χ3v) is 17.8. The molecule has 0 fully saturated rings. The topological polar surface area (TPSA) is 6.48 Å². The highest BCUT2D eigenvalue weighted by molar-refractivity contribution is 7.00. The summed E-state index contributed by atoms with van der Waals surface area (Å²) in [5.41, 5.74) is 21.7. The molecule has 11 aromatic rings. The Hall–Kier alpha value is -7.36. The minimum absolute atomic E-state index is 0.0294. The monoisotopic (exact) mass is 940 g/mol. The highest BCUT2D eigenvalue weighted by atomic mass is 15.2. The van der Waals surface area contributed by atoms with E-state index in [-0.39, 0.29) is 17.5 Å². The van der Waals surface area contributed by atoms with Crippen LogP contribution in [0.4, 0.5) is 34.1 Å². The fraction of sp³-hybridized carbons (Fsp3) is 0.229. The number of anilines is 6. The summed E-state index contributed by atoms with van der Waals surface area (Å²) in [6.45, 7) is 14.8. The van der Waals surface area contributed by atoms with Crippen LogP contribution in [-0.4, -0.2) is 6.71 Å². The first-order chi connectivity index (χ1) is 35.6. The zero-order valence-corrected chi connectivity index (χ0v) is 43.2. The number of hydrogen-bond acceptors (Lipinski definition) is 2. The molecule has 0 bridgehead atoms. The highest BCUT2D eigenvalue weighted by Gasteiger charge is 2.48. The van der Waals surface area contributed by atoms with Crippen molar-refractivity contribution >= 4 is 122 Å². The van der Waals surface area contributed by atoms with Gasteiger partial charge in [-0.15, -0.1) is 0 Å². The molecule has 2 aliphatic carbocycles. The van der Waals surface area contributed by atoms with Crippen LogP contribution in [0.5, 0.6) is 0 Å². The van der Waals surface area contributed by atoms with Gasteiger partial charge in [0.05, 0.1) is 11.4 Å². The minimum atomic E-state index is -0.0294. The van der Waals surface area contributed by atoms with E-state index in [4.69, 9.17) is 0 Å². The molecule has 2 aliphatic heterocycles. The quantitative estimate of drug-likeness (QED) is 0.126. The first-order valence-electron chi connectivity index (χ1n) is 27.3. The van der Waals surface area contributed by atoms with Crippen molar-refractivity contribution in [3.8, 4) is 0 Å². The third kappa shape index (κ3) is 6.06. The second kappa shape index (κ2) is 15.6. The van der Waals surface area contributed by atoms with E-state index in [9.17, 15) is 0 Å². The van der Waals surface area contributed by atoms with Gasteiger partial charge in [-0.2, -0.15) is 0 Å². The molecule has 3 heteroatoms. The Balaban J connectivity index is 1.14. The van der Waals surface area contributed by atoms with Gasteiger partial charge < -0.3 is 9.80 Å². The van der Waals surface area contributed by atoms with Crippen molar-refractivity contribution in [1.29, 1.82) is 0 Å². The maximum absolute atomic E-state index is 2.79. The Morgan fingerprint density at radius 2 is 0.616 bits per heavy atom. The second-order valence-corrected chi connectivity index (χ2v) is 23.9. The van der Waals surface area contributed by atoms with Crippen LogP contribution in [0.1, 0.15) is 101 Å². The molecule has 11 aromatic carbocycles. The van der Waals surface area contributed by atoms with Crippen LogP contribution in [0, 0.1) is 0 Å². The third-order valence-electron chi connectivity index (χ3n) is 17.8. The molecule has 0 spiro atoms. The highest BCUT2D eigenvalue weighted by Crippen LogP contribution is 2.54. The molecule has 0 saturated heterocycles. The molecule has 2 heterocycles. The minimum Gasteiger partial charge on any atom is -0.311 e. The van der Waals surface area contributed by atoms with Crippen molar-refractivity contribution < 1.29 is 0 Å². The average molecular weight is 941 g/mol. The lowest BCUT2D eigenvalue weighted by Gasteiger charge is -2.48. The van der Waals surface area contributed by atoms with Crippen LogP contribution in [0.25, 0.3) is 64.6 Å². The van der Waals surface area contributed by atoms with E-state index in [2.05, 4.69) is 215 Å². The average Bonchev–Trinajstić information content (AvgIpc) is 3.42. The molecular weight excluding hydrogens is 880 g/mol. The number of rotatable bonds is 2. The SMILES string of the molecule is CC(C)(C)c1cc2c(c3c1CCCC3)N(c1cccc3c4ccccc4c4ccccc4c13)c1cccc3c1B2c1cc(C(C)(C)C)c2c(c1N3c1cccc3c4ccccc4c4ccccc4c13)CCCC2. The van der Waals surface area contributed by atoms with Gasteiger partial charge in [0, 0.05) is 33.5 Å². The number of fused-ring (bicyclic) bond motifs is 20. The lowest BCUT2D eigenvalue weighted by molar-refractivity contribution is 0.569. The smallest absolute Gasteiger partial charge is 0.252 e. The number of benzene rings is 11. The van der Waals surface area contributed by atoms with Crippen molar-refractivity contribution in [2.45, 2.75) is 104 Å². The summed E-state index contributed by atoms with van der Waals surface area (Å²) < 4.78 is 0. The van der Waals surface area contributed by atoms with Crippen LogP contribution in [0.3, 0.4) is 0 Å². The fourth-order valence-corrected chi connectivity index (χ4v) is 14.9. The number of nitrogens with zero attached hydrogens (tertiary/aromatic N) is 2. The first-order valence-corrected chi connectivity index (χ1v) is 27.3. The van der Waals surface area contributed by atoms with E-state index >= 15 is 0 Å². The molecule has 73 heavy (non-hydrogen) atoms. The fourth-order valence-electron chi connectivity index (χ4n) is 14.9. The van der Waals surface area contributed by atoms with Gasteiger partial charge in [0.2, 0.25) is 0 Å². The molecule has 0 unspecified atom stereocenters. The van der Waals surface area contributed by atoms with E-state index < -0.39 is 0 Å². The van der Waals surface area contributed by atoms with Gasteiger partial charge in [0.25, 0.3) is 6.71 Å². The summed E-state index contributed by atoms with van der Waals surface area (Å²) in [4.78, 5) is 5.59. The van der Waals surface area contributed by atoms with Crippen LogP contribution in [-0.2, 0) is 36.5 Å². The van der Waals surface area contributed by atoms with Crippen molar-refractivity contribution in [2.75, 3.05) is 9.80 Å². The standard InChI is InChI=1S/C70H61BN2/c1-69(2,3)56-40-58-67(54-32-17-13-28-48(54)56)72(60-36-19-34-52-46-24-9-7-22-42(46)44-26-11-15-30-50(44)64(52)60)62-38-21-39-63-66(62)71(58)59-41-57(70(4,5)6)49-29-14-18-33-55(49)68(59)73(63)61-37-20-35-53-47-25-10-8-23-43(47)45-27-12-16-31-51(45)65(53)61/h7-12,15-16,19-27,30-31,34-41H,13-14,17-18,28-29,32-33H2,1-6H3. The molecular formula is C70H61BN2. The summed E-state index contributed by atoms with van der Waals surface area (Å²) in [5.74, 6) is 0. The molecule has 0 amide bonds. The van der Waals surface area contributed by atoms with Crippen LogP contribution >= 0.6 is 0 Å². The Morgan fingerprint density at radius 1 is 0.329 bits per heavy atom. The van der Waals surface area contributed by atoms with Gasteiger partial charge in [0.1, 0.15) is 0 Å². The molecule has 4 aliphatic rings. The Labute approximate surface area is 430 Å². The van der Waals surface area contributed by atoms with Gasteiger partial charge in [-0.25, -0.2) is 0 Å². The van der Waals surface area contributed by atoms with E-state index in [0.717, 1.165) is 25.7 Å². The Morgan fingerprint density at radius 3 is 0.973 bits per heavy atom. The molecule has 15 rings (SSSR count). The molecule has 0 radical (unpaired) electrons. The molecule has 0 saturated carbocycles. The van der Waals surface area contributed by atoms with Crippen molar-refractivity contribution in [3.63, 3.8) is 0 Å². The van der Waals surface area contributed by atoms with Crippen molar-refractivity contribution in [1.82, 2.24) is 0 Å². The summed E-state index contributed by atoms with van der Waals surface area (Å²) in [6.07, 6.45) is 9.30. The Bertz CT molecular complexity index is 3850. The van der Waals surface area contributed by atoms with Crippen molar-refractivity contribution in [3.05, 3.63) is 197 Å². The predicted octanol–water partition coefficient (Wildman–Crippen LogP) is 17.0. The molecule has 2 nitrogen and oxygen atoms in total. The van der Waals surface area contributed by atoms with Gasteiger partial charge >= 0.3 is 0 Å². The summed E-state index contributed by atoms with van der Waals surface area (Å²) in [5, 5.41) is 15.7. The lowest BCUT2D eigenvalue weighted by atomic mass is 9.32. The maximum Gasteiger partial charge on any atom is 0.252 e. The number of hydrogen-bond donors (Lipinski definition) is 0. The normalized spacial score (nSPS) is 15.3. The van der Waals surface area contributed by atoms with Crippen LogP contribution < -0.4 is 26.2 Å². The first kappa shape index (κ1) is 43.2. The van der Waals surface area contributed by atoms with E-state index in [1.807, 2.05) is 0 Å². The van der Waals surface area contributed by atoms with Gasteiger partial charge in [-0.1, -0.05) is 181 Å². The Kier molecular flexibility index (Phi) is 9.23. The van der Waals surface area contributed by atoms with Crippen LogP contribution in [0.2, 0.25) is 0 Å². The predicted molar refractivity (Wildman–Crippen MR) is 316 cm³/mol. The van der Waals surface area contributed by atoms with E-state index in [1.54, 1.807) is 22.3 Å². The van der Waals surface area contributed by atoms with Gasteiger partial charge in [-0.05, 0) is 190 Å². The summed E-state index contributed by atoms with van der Waals surface area (Å²) >= 11 is 0. The van der Waals surface area contributed by atoms with Gasteiger partial charge in [-0.3, -0.25) is 0 Å². The van der Waals surface area contributed by atoms with Crippen molar-refractivity contribution in [2.24, 2.45) is 0 Å². The summed E-state index contributed by atoms with van der Waals surface area (Å²) in [7, 11) is 0. The summed E-state index contributed by atoms with van der Waals surface area (Å²) in [6, 6.07) is 63.7. The molecule has 0 atom stereocenters. The van der Waals surface area contributed by atoms with E-state index in [0.29, 0.717) is 0 Å². The lowest BCUT2D eigenvalue weighted by Crippen LogP contribution is -2.62. The maximum atomic E-state index is 2.79. The van der Waals surface area contributed by atoms with Gasteiger partial charge in [0.15, 0.2) is 0 Å². The largest absolute Gasteiger partial charge is 0.311 e. The second-order valence-electron chi connectivity index (χ2n) is 23.9. The molecule has 0 N–H and O–H groups in total. The zero-order chi connectivity index (χ0) is 49.1. The molecule has 354 valence electrons. The molecule has 0 aromatic heterocycles. The zero-order valence-electron chi connectivity index (χ0n) is 43.2.